The van der Waals surface area contributed by atoms with E-state index in [1.54, 1.807) is 18.3 Å². The monoisotopic (exact) mass is 517 g/mol. The van der Waals surface area contributed by atoms with Crippen LogP contribution in [-0.4, -0.2) is 52.9 Å². The topological polar surface area (TPSA) is 128 Å². The highest BCUT2D eigenvalue weighted by molar-refractivity contribution is 7.88. The third kappa shape index (κ3) is 4.76. The van der Waals surface area contributed by atoms with E-state index in [0.29, 0.717) is 33.9 Å². The van der Waals surface area contributed by atoms with Gasteiger partial charge in [0.05, 0.1) is 23.0 Å². The Morgan fingerprint density at radius 2 is 1.95 bits per heavy atom. The fourth-order valence-electron chi connectivity index (χ4n) is 4.64. The second-order valence-corrected chi connectivity index (χ2v) is 10.9. The highest BCUT2D eigenvalue weighted by Crippen LogP contribution is 2.32. The summed E-state index contributed by atoms with van der Waals surface area (Å²) in [6, 6.07) is 12.4. The van der Waals surface area contributed by atoms with Crippen LogP contribution < -0.4 is 10.0 Å². The van der Waals surface area contributed by atoms with Crippen LogP contribution in [0.2, 0.25) is 0 Å². The summed E-state index contributed by atoms with van der Waals surface area (Å²) in [7, 11) is -3.42. The number of nitrogens with one attached hydrogen (secondary N) is 4. The van der Waals surface area contributed by atoms with E-state index in [-0.39, 0.29) is 6.54 Å². The smallest absolute Gasteiger partial charge is 0.209 e. The number of H-pyrrole nitrogens is 2. The maximum absolute atomic E-state index is 14.5. The molecule has 6 rings (SSSR count). The maximum atomic E-state index is 14.5. The lowest BCUT2D eigenvalue weighted by Crippen LogP contribution is -2.21. The quantitative estimate of drug-likeness (QED) is 0.272. The van der Waals surface area contributed by atoms with Gasteiger partial charge in [-0.05, 0) is 66.1 Å². The number of hydrogen-bond acceptors (Lipinski definition) is 6. The van der Waals surface area contributed by atoms with Crippen LogP contribution in [0.25, 0.3) is 50.3 Å². The summed E-state index contributed by atoms with van der Waals surface area (Å²) in [5.41, 5.74) is 6.81. The van der Waals surface area contributed by atoms with Gasteiger partial charge in [-0.1, -0.05) is 12.1 Å². The van der Waals surface area contributed by atoms with Crippen LogP contribution in [0.1, 0.15) is 17.5 Å². The molecule has 11 heteroatoms. The molecule has 2 aromatic carbocycles. The lowest BCUT2D eigenvalue weighted by molar-refractivity contribution is 0.586. The minimum atomic E-state index is -3.42. The normalized spacial score (nSPS) is 14.4. The lowest BCUT2D eigenvalue weighted by atomic mass is 9.98. The van der Waals surface area contributed by atoms with E-state index < -0.39 is 15.8 Å². The third-order valence-corrected chi connectivity index (χ3v) is 7.06. The number of sulfonamides is 1. The molecule has 0 unspecified atom stereocenters. The van der Waals surface area contributed by atoms with Gasteiger partial charge >= 0.3 is 0 Å². The number of aromatic nitrogens is 5. The average Bonchev–Trinajstić information content (AvgIpc) is 3.51. The van der Waals surface area contributed by atoms with E-state index in [1.165, 1.54) is 17.7 Å². The molecule has 0 radical (unpaired) electrons. The molecule has 4 N–H and O–H groups in total. The van der Waals surface area contributed by atoms with E-state index in [2.05, 4.69) is 48.4 Å². The average molecular weight is 518 g/mol. The number of fused-ring (bicyclic) bond motifs is 2. The molecule has 0 bridgehead atoms. The zero-order valence-corrected chi connectivity index (χ0v) is 20.8. The van der Waals surface area contributed by atoms with Crippen molar-refractivity contribution in [2.75, 3.05) is 19.3 Å². The predicted molar refractivity (Wildman–Crippen MR) is 142 cm³/mol. The van der Waals surface area contributed by atoms with Crippen molar-refractivity contribution in [1.82, 2.24) is 35.2 Å². The number of nitrogens with zero attached hydrogens (tertiary/aromatic N) is 3. The molecule has 0 aliphatic carbocycles. The maximum Gasteiger partial charge on any atom is 0.209 e. The summed E-state index contributed by atoms with van der Waals surface area (Å²) in [6.45, 7) is 1.78. The van der Waals surface area contributed by atoms with Crippen LogP contribution >= 0.6 is 0 Å². The first kappa shape index (κ1) is 23.5. The molecule has 0 fully saturated rings. The third-order valence-electron chi connectivity index (χ3n) is 6.39. The van der Waals surface area contributed by atoms with Crippen LogP contribution in [0, 0.1) is 5.82 Å². The second kappa shape index (κ2) is 9.18. The van der Waals surface area contributed by atoms with E-state index in [0.717, 1.165) is 47.7 Å². The zero-order valence-electron chi connectivity index (χ0n) is 20.0. The largest absolute Gasteiger partial charge is 0.336 e. The van der Waals surface area contributed by atoms with Gasteiger partial charge in [0, 0.05) is 30.2 Å². The summed E-state index contributed by atoms with van der Waals surface area (Å²) in [6.07, 6.45) is 5.87. The summed E-state index contributed by atoms with van der Waals surface area (Å²) < 4.78 is 39.9. The Morgan fingerprint density at radius 3 is 2.76 bits per heavy atom. The summed E-state index contributed by atoms with van der Waals surface area (Å²) in [4.78, 5) is 12.6. The number of pyridine rings is 1. The molecule has 4 heterocycles. The highest BCUT2D eigenvalue weighted by Gasteiger charge is 2.18. The number of benzene rings is 2. The molecule has 0 saturated carbocycles. The van der Waals surface area contributed by atoms with Gasteiger partial charge in [-0.25, -0.2) is 22.5 Å². The first-order chi connectivity index (χ1) is 17.8. The SMILES string of the molecule is CS(=O)(=O)NCc1cc(F)cc(-c2nccc3[nH]c(-c4n[nH]c5ccc(C6=CCNCC6)cc45)nc23)c1. The van der Waals surface area contributed by atoms with Crippen LogP contribution in [0.15, 0.2) is 54.7 Å². The van der Waals surface area contributed by atoms with Crippen molar-refractivity contribution in [1.29, 1.82) is 0 Å². The van der Waals surface area contributed by atoms with E-state index >= 15 is 0 Å². The molecular formula is C26H24FN7O2S. The Hall–Kier alpha value is -3.93. The van der Waals surface area contributed by atoms with Crippen LogP contribution in [0.3, 0.4) is 0 Å². The van der Waals surface area contributed by atoms with Crippen molar-refractivity contribution in [3.8, 4) is 22.8 Å². The van der Waals surface area contributed by atoms with Crippen LogP contribution in [0.4, 0.5) is 4.39 Å². The van der Waals surface area contributed by atoms with Gasteiger partial charge in [-0.3, -0.25) is 10.1 Å². The highest BCUT2D eigenvalue weighted by atomic mass is 32.2. The van der Waals surface area contributed by atoms with Gasteiger partial charge < -0.3 is 10.3 Å². The van der Waals surface area contributed by atoms with E-state index in [4.69, 9.17) is 4.98 Å². The number of imidazole rings is 1. The van der Waals surface area contributed by atoms with E-state index in [1.807, 2.05) is 6.07 Å². The second-order valence-electron chi connectivity index (χ2n) is 9.10. The van der Waals surface area contributed by atoms with Gasteiger partial charge in [0.25, 0.3) is 0 Å². The van der Waals surface area contributed by atoms with Crippen molar-refractivity contribution >= 4 is 37.5 Å². The van der Waals surface area contributed by atoms with E-state index in [9.17, 15) is 12.8 Å². The van der Waals surface area contributed by atoms with Crippen molar-refractivity contribution < 1.29 is 12.8 Å². The lowest BCUT2D eigenvalue weighted by Gasteiger charge is -2.14. The Balaban J connectivity index is 1.42. The van der Waals surface area contributed by atoms with Gasteiger partial charge in [-0.2, -0.15) is 5.10 Å². The van der Waals surface area contributed by atoms with Gasteiger partial charge in [0.2, 0.25) is 10.0 Å². The molecule has 1 aliphatic heterocycles. The zero-order chi connectivity index (χ0) is 25.6. The predicted octanol–water partition coefficient (Wildman–Crippen LogP) is 3.73. The fraction of sp³-hybridized carbons (Fsp3) is 0.192. The molecule has 37 heavy (non-hydrogen) atoms. The standard InChI is InChI=1S/C26H24FN7O2S/c1-37(35,36)30-14-15-10-18(12-19(27)11-15)23-25-22(6-9-29-23)31-26(32-25)24-20-13-17(2-3-21(20)33-34-24)16-4-7-28-8-5-16/h2-4,6,9-13,28,30H,5,7-8,14H2,1H3,(H,31,32)(H,33,34). The summed E-state index contributed by atoms with van der Waals surface area (Å²) in [5.74, 6) is 0.0812. The molecule has 0 amide bonds. The molecular weight excluding hydrogens is 493 g/mol. The Kier molecular flexibility index (Phi) is 5.82. The Labute approximate surface area is 212 Å². The number of halogens is 1. The minimum Gasteiger partial charge on any atom is -0.336 e. The minimum absolute atomic E-state index is 0.0283. The number of rotatable bonds is 6. The molecule has 5 aromatic rings. The number of hydrogen-bond donors (Lipinski definition) is 4. The molecule has 1 aliphatic rings. The molecule has 0 atom stereocenters. The van der Waals surface area contributed by atoms with Gasteiger partial charge in [0.1, 0.15) is 17.0 Å². The van der Waals surface area contributed by atoms with Crippen LogP contribution in [-0.2, 0) is 16.6 Å². The van der Waals surface area contributed by atoms with Gasteiger partial charge in [0.15, 0.2) is 5.82 Å². The number of aromatic amines is 2. The molecule has 188 valence electrons. The van der Waals surface area contributed by atoms with Crippen molar-refractivity contribution in [2.45, 2.75) is 13.0 Å². The van der Waals surface area contributed by atoms with Crippen LogP contribution in [0.5, 0.6) is 0 Å². The molecule has 0 spiro atoms. The summed E-state index contributed by atoms with van der Waals surface area (Å²) >= 11 is 0. The molecule has 3 aromatic heterocycles. The molecule has 9 nitrogen and oxygen atoms in total. The van der Waals surface area contributed by atoms with Crippen molar-refractivity contribution in [3.63, 3.8) is 0 Å². The fourth-order valence-corrected chi connectivity index (χ4v) is 5.07. The van der Waals surface area contributed by atoms with Crippen molar-refractivity contribution in [2.24, 2.45) is 0 Å². The molecule has 0 saturated heterocycles. The Morgan fingerprint density at radius 1 is 1.05 bits per heavy atom. The first-order valence-electron chi connectivity index (χ1n) is 11.8. The summed E-state index contributed by atoms with van der Waals surface area (Å²) in [5, 5.41) is 11.9. The Bertz CT molecular complexity index is 1790. The van der Waals surface area contributed by atoms with Crippen molar-refractivity contribution in [3.05, 3.63) is 71.7 Å². The van der Waals surface area contributed by atoms with Gasteiger partial charge in [-0.15, -0.1) is 0 Å². The first-order valence-corrected chi connectivity index (χ1v) is 13.7.